The van der Waals surface area contributed by atoms with Crippen LogP contribution in [0.1, 0.15) is 22.8 Å². The van der Waals surface area contributed by atoms with Crippen LogP contribution in [0.2, 0.25) is 0 Å². The second-order valence-corrected chi connectivity index (χ2v) is 7.27. The molecule has 0 bridgehead atoms. The van der Waals surface area contributed by atoms with E-state index in [4.69, 9.17) is 4.74 Å². The van der Waals surface area contributed by atoms with Crippen molar-refractivity contribution in [3.63, 3.8) is 0 Å². The summed E-state index contributed by atoms with van der Waals surface area (Å²) in [5.41, 5.74) is 3.88. The number of nitrogens with one attached hydrogen (secondary N) is 1. The fraction of sp³-hybridized carbons (Fsp3) is 0.100. The molecule has 132 valence electrons. The molecule has 0 fully saturated rings. The van der Waals surface area contributed by atoms with E-state index in [1.54, 1.807) is 12.3 Å². The van der Waals surface area contributed by atoms with E-state index < -0.39 is 0 Å². The predicted molar refractivity (Wildman–Crippen MR) is 112 cm³/mol. The predicted octanol–water partition coefficient (Wildman–Crippen LogP) is 5.53. The number of rotatable bonds is 5. The van der Waals surface area contributed by atoms with Crippen LogP contribution in [0, 0.1) is 0 Å². The minimum atomic E-state index is -0.265. The molecule has 1 N–H and O–H groups in total. The maximum absolute atomic E-state index is 12.3. The maximum Gasteiger partial charge on any atom is 0.271 e. The van der Waals surface area contributed by atoms with E-state index in [0.717, 1.165) is 25.3 Å². The van der Waals surface area contributed by atoms with Crippen molar-refractivity contribution in [3.05, 3.63) is 74.7 Å². The monoisotopic (exact) mass is 474 g/mol. The van der Waals surface area contributed by atoms with Gasteiger partial charge in [-0.15, -0.1) is 0 Å². The van der Waals surface area contributed by atoms with Gasteiger partial charge in [0.2, 0.25) is 0 Å². The van der Waals surface area contributed by atoms with E-state index in [9.17, 15) is 4.79 Å². The molecule has 0 aliphatic carbocycles. The molecule has 0 aliphatic heterocycles. The number of nitrogens with zero attached hydrogens (tertiary/aromatic N) is 1. The largest absolute Gasteiger partial charge is 0.492 e. The van der Waals surface area contributed by atoms with E-state index in [-0.39, 0.29) is 5.91 Å². The van der Waals surface area contributed by atoms with Crippen LogP contribution in [0.4, 0.5) is 0 Å². The summed E-state index contributed by atoms with van der Waals surface area (Å²) in [6.45, 7) is 2.45. The first-order valence-electron chi connectivity index (χ1n) is 8.02. The molecule has 0 radical (unpaired) electrons. The van der Waals surface area contributed by atoms with Gasteiger partial charge in [0.05, 0.1) is 17.3 Å². The normalized spacial score (nSPS) is 11.0. The Morgan fingerprint density at radius 2 is 1.88 bits per heavy atom. The molecule has 26 heavy (non-hydrogen) atoms. The molecule has 0 spiro atoms. The van der Waals surface area contributed by atoms with Crippen LogP contribution in [-0.4, -0.2) is 18.7 Å². The van der Waals surface area contributed by atoms with Crippen LogP contribution in [0.5, 0.6) is 5.75 Å². The minimum absolute atomic E-state index is 0.265. The van der Waals surface area contributed by atoms with Gasteiger partial charge in [0.25, 0.3) is 5.91 Å². The van der Waals surface area contributed by atoms with Crippen molar-refractivity contribution in [2.24, 2.45) is 5.10 Å². The average molecular weight is 476 g/mol. The zero-order valence-corrected chi connectivity index (χ0v) is 17.2. The van der Waals surface area contributed by atoms with Gasteiger partial charge in [-0.2, -0.15) is 5.10 Å². The standard InChI is InChI=1S/C20H16Br2N2O2/c1-2-26-19-16(10-17(21)11-18(19)22)12-23-24-20(25)15-8-7-13-5-3-4-6-14(13)9-15/h3-12H,2H2,1H3,(H,24,25)/b23-12-. The number of fused-ring (bicyclic) bond motifs is 1. The quantitative estimate of drug-likeness (QED) is 0.389. The van der Waals surface area contributed by atoms with Crippen LogP contribution in [0.3, 0.4) is 0 Å². The average Bonchev–Trinajstić information content (AvgIpc) is 2.64. The van der Waals surface area contributed by atoms with Gasteiger partial charge in [0, 0.05) is 15.6 Å². The van der Waals surface area contributed by atoms with Gasteiger partial charge < -0.3 is 4.74 Å². The molecule has 0 atom stereocenters. The molecule has 0 unspecified atom stereocenters. The molecular formula is C20H16Br2N2O2. The molecule has 6 heteroatoms. The summed E-state index contributed by atoms with van der Waals surface area (Å²) >= 11 is 6.92. The van der Waals surface area contributed by atoms with E-state index in [1.165, 1.54) is 0 Å². The summed E-state index contributed by atoms with van der Waals surface area (Å²) in [6.07, 6.45) is 1.57. The van der Waals surface area contributed by atoms with Crippen molar-refractivity contribution < 1.29 is 9.53 Å². The van der Waals surface area contributed by atoms with E-state index in [0.29, 0.717) is 17.9 Å². The van der Waals surface area contributed by atoms with Gasteiger partial charge in [0.1, 0.15) is 5.75 Å². The summed E-state index contributed by atoms with van der Waals surface area (Å²) < 4.78 is 7.34. The van der Waals surface area contributed by atoms with Gasteiger partial charge in [-0.1, -0.05) is 46.3 Å². The Morgan fingerprint density at radius 1 is 1.12 bits per heavy atom. The highest BCUT2D eigenvalue weighted by Crippen LogP contribution is 2.32. The number of benzene rings is 3. The Kier molecular flexibility index (Phi) is 6.06. The number of carbonyl (C=O) groups is 1. The molecule has 0 saturated heterocycles. The minimum Gasteiger partial charge on any atom is -0.492 e. The van der Waals surface area contributed by atoms with E-state index >= 15 is 0 Å². The molecule has 0 saturated carbocycles. The van der Waals surface area contributed by atoms with Gasteiger partial charge in [-0.3, -0.25) is 4.79 Å². The van der Waals surface area contributed by atoms with Gasteiger partial charge in [-0.25, -0.2) is 5.43 Å². The van der Waals surface area contributed by atoms with Gasteiger partial charge >= 0.3 is 0 Å². The molecule has 0 heterocycles. The number of hydrogen-bond acceptors (Lipinski definition) is 3. The number of hydrogen-bond donors (Lipinski definition) is 1. The highest BCUT2D eigenvalue weighted by atomic mass is 79.9. The lowest BCUT2D eigenvalue weighted by Crippen LogP contribution is -2.17. The lowest BCUT2D eigenvalue weighted by Gasteiger charge is -2.10. The maximum atomic E-state index is 12.3. The van der Waals surface area contributed by atoms with Crippen LogP contribution in [-0.2, 0) is 0 Å². The van der Waals surface area contributed by atoms with E-state index in [2.05, 4.69) is 42.4 Å². The van der Waals surface area contributed by atoms with Gasteiger partial charge in [-0.05, 0) is 57.9 Å². The third-order valence-electron chi connectivity index (χ3n) is 3.71. The van der Waals surface area contributed by atoms with Crippen molar-refractivity contribution in [2.75, 3.05) is 6.61 Å². The van der Waals surface area contributed by atoms with Crippen molar-refractivity contribution in [2.45, 2.75) is 6.92 Å². The van der Waals surface area contributed by atoms with E-state index in [1.807, 2.05) is 55.5 Å². The third kappa shape index (κ3) is 4.31. The number of ether oxygens (including phenoxy) is 1. The second-order valence-electron chi connectivity index (χ2n) is 5.50. The molecular weight excluding hydrogens is 460 g/mol. The topological polar surface area (TPSA) is 50.7 Å². The SMILES string of the molecule is CCOc1c(Br)cc(Br)cc1/C=N\NC(=O)c1ccc2ccccc2c1. The number of hydrazone groups is 1. The summed E-state index contributed by atoms with van der Waals surface area (Å²) in [6, 6.07) is 17.2. The molecule has 4 nitrogen and oxygen atoms in total. The first-order chi connectivity index (χ1) is 12.6. The molecule has 3 aromatic rings. The zero-order chi connectivity index (χ0) is 18.5. The molecule has 0 aliphatic rings. The van der Waals surface area contributed by atoms with Gasteiger partial charge in [0.15, 0.2) is 0 Å². The second kappa shape index (κ2) is 8.47. The molecule has 0 aromatic heterocycles. The third-order valence-corrected chi connectivity index (χ3v) is 4.75. The summed E-state index contributed by atoms with van der Waals surface area (Å²) in [4.78, 5) is 12.3. The van der Waals surface area contributed by atoms with Crippen molar-refractivity contribution in [3.8, 4) is 5.75 Å². The number of halogens is 2. The number of carbonyl (C=O) groups excluding carboxylic acids is 1. The van der Waals surface area contributed by atoms with Crippen molar-refractivity contribution in [1.29, 1.82) is 0 Å². The summed E-state index contributed by atoms with van der Waals surface area (Å²) in [7, 11) is 0. The lowest BCUT2D eigenvalue weighted by atomic mass is 10.1. The van der Waals surface area contributed by atoms with Crippen LogP contribution >= 0.6 is 31.9 Å². The molecule has 1 amide bonds. The lowest BCUT2D eigenvalue weighted by molar-refractivity contribution is 0.0955. The highest BCUT2D eigenvalue weighted by molar-refractivity contribution is 9.11. The Hall–Kier alpha value is -2.18. The zero-order valence-electron chi connectivity index (χ0n) is 14.0. The fourth-order valence-electron chi connectivity index (χ4n) is 2.53. The van der Waals surface area contributed by atoms with Crippen LogP contribution in [0.25, 0.3) is 10.8 Å². The first kappa shape index (κ1) is 18.6. The van der Waals surface area contributed by atoms with Crippen LogP contribution < -0.4 is 10.2 Å². The highest BCUT2D eigenvalue weighted by Gasteiger charge is 2.09. The summed E-state index contributed by atoms with van der Waals surface area (Å²) in [5, 5.41) is 6.18. The smallest absolute Gasteiger partial charge is 0.271 e. The van der Waals surface area contributed by atoms with Crippen molar-refractivity contribution >= 4 is 54.8 Å². The Morgan fingerprint density at radius 3 is 2.65 bits per heavy atom. The Bertz CT molecular complexity index is 987. The fourth-order valence-corrected chi connectivity index (χ4v) is 3.90. The summed E-state index contributed by atoms with van der Waals surface area (Å²) in [5.74, 6) is 0.415. The Balaban J connectivity index is 1.78. The van der Waals surface area contributed by atoms with Crippen LogP contribution in [0.15, 0.2) is 68.6 Å². The Labute approximate surface area is 168 Å². The first-order valence-corrected chi connectivity index (χ1v) is 9.61. The molecule has 3 aromatic carbocycles. The number of amides is 1. The molecule has 3 rings (SSSR count). The van der Waals surface area contributed by atoms with Crippen molar-refractivity contribution in [1.82, 2.24) is 5.43 Å².